The van der Waals surface area contributed by atoms with E-state index >= 15 is 0 Å². The molecule has 2 N–H and O–H groups in total. The number of benzene rings is 3. The van der Waals surface area contributed by atoms with Crippen LogP contribution in [0.15, 0.2) is 77.3 Å². The third-order valence-corrected chi connectivity index (χ3v) is 5.70. The average Bonchev–Trinajstić information content (AvgIpc) is 2.76. The van der Waals surface area contributed by atoms with Gasteiger partial charge in [-0.05, 0) is 53.4 Å². The van der Waals surface area contributed by atoms with Crippen LogP contribution in [-0.4, -0.2) is 16.8 Å². The van der Waals surface area contributed by atoms with Crippen molar-refractivity contribution in [2.75, 3.05) is 5.32 Å². The number of nitrogens with one attached hydrogen (secondary N) is 2. The number of hydrogen-bond donors (Lipinski definition) is 2. The van der Waals surface area contributed by atoms with Gasteiger partial charge in [-0.25, -0.2) is 5.01 Å². The van der Waals surface area contributed by atoms with Gasteiger partial charge in [0.2, 0.25) is 0 Å². The number of nitrogens with zero attached hydrogens (tertiary/aromatic N) is 1. The molecule has 1 heterocycles. The fourth-order valence-electron chi connectivity index (χ4n) is 3.44. The summed E-state index contributed by atoms with van der Waals surface area (Å²) in [6.45, 7) is 4.27. The number of hydrazine groups is 1. The summed E-state index contributed by atoms with van der Waals surface area (Å²) in [4.78, 5) is 26.1. The van der Waals surface area contributed by atoms with Crippen LogP contribution in [0.25, 0.3) is 0 Å². The summed E-state index contributed by atoms with van der Waals surface area (Å²) < 4.78 is 0.881. The molecule has 0 aromatic heterocycles. The molecule has 4 rings (SSSR count). The number of amides is 2. The van der Waals surface area contributed by atoms with Crippen molar-refractivity contribution >= 4 is 33.4 Å². The third-order valence-electron chi connectivity index (χ3n) is 5.17. The van der Waals surface area contributed by atoms with Crippen molar-refractivity contribution in [3.05, 3.63) is 99.5 Å². The minimum absolute atomic E-state index is 0.257. The average molecular weight is 464 g/mol. The summed E-state index contributed by atoms with van der Waals surface area (Å²) in [5.41, 5.74) is 6.63. The number of fused-ring (bicyclic) bond motifs is 1. The van der Waals surface area contributed by atoms with Gasteiger partial charge in [0.25, 0.3) is 11.8 Å². The molecule has 1 atom stereocenters. The van der Waals surface area contributed by atoms with Gasteiger partial charge in [0.1, 0.15) is 6.17 Å². The Morgan fingerprint density at radius 1 is 1.00 bits per heavy atom. The summed E-state index contributed by atoms with van der Waals surface area (Å²) in [5.74, 6) is -0.192. The molecule has 1 unspecified atom stereocenters. The summed E-state index contributed by atoms with van der Waals surface area (Å²) in [6.07, 6.45) is -0.520. The van der Waals surface area contributed by atoms with Crippen molar-refractivity contribution in [2.24, 2.45) is 0 Å². The van der Waals surface area contributed by atoms with Crippen LogP contribution >= 0.6 is 15.9 Å². The molecule has 0 saturated carbocycles. The van der Waals surface area contributed by atoms with Gasteiger partial charge < -0.3 is 5.32 Å². The second-order valence-corrected chi connectivity index (χ2v) is 8.45. The molecule has 30 heavy (non-hydrogen) atoms. The van der Waals surface area contributed by atoms with Crippen molar-refractivity contribution in [3.63, 3.8) is 0 Å². The molecule has 152 valence electrons. The molecular formula is C24H22BrN3O2. The molecule has 0 radical (unpaired) electrons. The Kier molecular flexibility index (Phi) is 5.59. The number of carbonyl (C=O) groups is 2. The molecular weight excluding hydrogens is 442 g/mol. The van der Waals surface area contributed by atoms with E-state index in [2.05, 4.69) is 52.7 Å². The first-order valence-corrected chi connectivity index (χ1v) is 10.6. The molecule has 0 saturated heterocycles. The third kappa shape index (κ3) is 3.96. The second-order valence-electron chi connectivity index (χ2n) is 7.54. The van der Waals surface area contributed by atoms with Gasteiger partial charge in [-0.1, -0.05) is 66.2 Å². The lowest BCUT2D eigenvalue weighted by molar-refractivity contribution is 0.0491. The number of hydrogen-bond acceptors (Lipinski definition) is 3. The van der Waals surface area contributed by atoms with E-state index in [1.54, 1.807) is 30.3 Å². The van der Waals surface area contributed by atoms with E-state index in [0.717, 1.165) is 15.7 Å². The van der Waals surface area contributed by atoms with Gasteiger partial charge >= 0.3 is 0 Å². The Morgan fingerprint density at radius 3 is 2.33 bits per heavy atom. The number of carbonyl (C=O) groups excluding carboxylic acids is 2. The largest absolute Gasteiger partial charge is 0.359 e. The number of rotatable bonds is 4. The lowest BCUT2D eigenvalue weighted by atomic mass is 9.99. The lowest BCUT2D eigenvalue weighted by Crippen LogP contribution is -2.52. The first-order chi connectivity index (χ1) is 14.4. The summed E-state index contributed by atoms with van der Waals surface area (Å²) >= 11 is 3.37. The predicted octanol–water partition coefficient (Wildman–Crippen LogP) is 5.48. The fraction of sp³-hybridized carbons (Fsp3) is 0.167. The topological polar surface area (TPSA) is 61.4 Å². The number of para-hydroxylation sites is 1. The van der Waals surface area contributed by atoms with Gasteiger partial charge in [0.05, 0.1) is 5.56 Å². The maximum absolute atomic E-state index is 13.3. The molecule has 3 aromatic rings. The van der Waals surface area contributed by atoms with E-state index in [0.29, 0.717) is 17.0 Å². The Balaban J connectivity index is 1.69. The maximum Gasteiger partial charge on any atom is 0.276 e. The van der Waals surface area contributed by atoms with Crippen LogP contribution in [0.2, 0.25) is 0 Å². The smallest absolute Gasteiger partial charge is 0.276 e. The molecule has 1 aliphatic rings. The zero-order valence-electron chi connectivity index (χ0n) is 16.7. The van der Waals surface area contributed by atoms with Crippen LogP contribution in [0.4, 0.5) is 5.69 Å². The quantitative estimate of drug-likeness (QED) is 0.537. The van der Waals surface area contributed by atoms with Gasteiger partial charge in [0, 0.05) is 15.7 Å². The Bertz CT molecular complexity index is 1080. The molecule has 0 bridgehead atoms. The van der Waals surface area contributed by atoms with Crippen molar-refractivity contribution in [3.8, 4) is 0 Å². The molecule has 1 aliphatic heterocycles. The van der Waals surface area contributed by atoms with Gasteiger partial charge in [-0.15, -0.1) is 0 Å². The molecule has 0 aliphatic carbocycles. The van der Waals surface area contributed by atoms with Crippen LogP contribution in [0.5, 0.6) is 0 Å². The highest BCUT2D eigenvalue weighted by atomic mass is 79.9. The van der Waals surface area contributed by atoms with E-state index < -0.39 is 6.17 Å². The molecule has 0 fully saturated rings. The first-order valence-electron chi connectivity index (χ1n) is 9.79. The summed E-state index contributed by atoms with van der Waals surface area (Å²) in [5, 5.41) is 4.76. The Labute approximate surface area is 184 Å². The van der Waals surface area contributed by atoms with Crippen molar-refractivity contribution < 1.29 is 9.59 Å². The molecule has 5 nitrogen and oxygen atoms in total. The molecule has 3 aromatic carbocycles. The van der Waals surface area contributed by atoms with Crippen molar-refractivity contribution in [2.45, 2.75) is 25.9 Å². The predicted molar refractivity (Wildman–Crippen MR) is 121 cm³/mol. The van der Waals surface area contributed by atoms with E-state index in [9.17, 15) is 9.59 Å². The van der Waals surface area contributed by atoms with Gasteiger partial charge in [-0.2, -0.15) is 0 Å². The van der Waals surface area contributed by atoms with E-state index in [1.165, 1.54) is 10.6 Å². The molecule has 6 heteroatoms. The van der Waals surface area contributed by atoms with E-state index in [4.69, 9.17) is 0 Å². The Hall–Kier alpha value is -3.12. The minimum atomic E-state index is -0.520. The number of halogens is 1. The van der Waals surface area contributed by atoms with Crippen LogP contribution in [-0.2, 0) is 0 Å². The summed E-state index contributed by atoms with van der Waals surface area (Å²) in [7, 11) is 0. The maximum atomic E-state index is 13.3. The SMILES string of the molecule is CC(C)c1ccc(C2Nc3ccccc3C(=O)N2NC(=O)c2ccc(Br)cc2)cc1. The zero-order chi connectivity index (χ0) is 21.3. The van der Waals surface area contributed by atoms with Crippen LogP contribution in [0.1, 0.15) is 57.8 Å². The van der Waals surface area contributed by atoms with Crippen LogP contribution in [0, 0.1) is 0 Å². The minimum Gasteiger partial charge on any atom is -0.359 e. The highest BCUT2D eigenvalue weighted by Gasteiger charge is 2.34. The highest BCUT2D eigenvalue weighted by Crippen LogP contribution is 2.32. The molecule has 2 amide bonds. The standard InChI is InChI=1S/C24H22BrN3O2/c1-15(2)16-7-9-17(10-8-16)22-26-21-6-4-3-5-20(21)24(30)28(22)27-23(29)18-11-13-19(25)14-12-18/h3-15,22,26H,1-2H3,(H,27,29). The first kappa shape index (κ1) is 20.2. The Morgan fingerprint density at radius 2 is 1.67 bits per heavy atom. The fourth-order valence-corrected chi connectivity index (χ4v) is 3.70. The van der Waals surface area contributed by atoms with Crippen LogP contribution < -0.4 is 10.7 Å². The lowest BCUT2D eigenvalue weighted by Gasteiger charge is -2.37. The highest BCUT2D eigenvalue weighted by molar-refractivity contribution is 9.10. The van der Waals surface area contributed by atoms with Gasteiger partial charge in [0.15, 0.2) is 0 Å². The van der Waals surface area contributed by atoms with E-state index in [-0.39, 0.29) is 11.8 Å². The van der Waals surface area contributed by atoms with E-state index in [1.807, 2.05) is 30.3 Å². The zero-order valence-corrected chi connectivity index (χ0v) is 18.3. The monoisotopic (exact) mass is 463 g/mol. The second kappa shape index (κ2) is 8.32. The summed E-state index contributed by atoms with van der Waals surface area (Å²) in [6, 6.07) is 22.4. The number of anilines is 1. The van der Waals surface area contributed by atoms with Gasteiger partial charge in [-0.3, -0.25) is 15.0 Å². The van der Waals surface area contributed by atoms with Crippen molar-refractivity contribution in [1.82, 2.24) is 10.4 Å². The molecule has 0 spiro atoms. The van der Waals surface area contributed by atoms with Crippen LogP contribution in [0.3, 0.4) is 0 Å². The normalized spacial score (nSPS) is 15.5. The van der Waals surface area contributed by atoms with Crippen molar-refractivity contribution in [1.29, 1.82) is 0 Å².